The Kier molecular flexibility index (Phi) is 2.57. The van der Waals surface area contributed by atoms with Crippen LogP contribution in [0, 0.1) is 0 Å². The van der Waals surface area contributed by atoms with Crippen LogP contribution in [0.4, 0.5) is 4.39 Å². The standard InChI is InChI=1S/C10H14FNO/c1-10(2,12)9(11)7-4-3-5-8(13)6-7/h3-6,9,13H,12H2,1-2H3. The van der Waals surface area contributed by atoms with E-state index in [1.54, 1.807) is 26.0 Å². The Labute approximate surface area is 77.2 Å². The van der Waals surface area contributed by atoms with Gasteiger partial charge in [0, 0.05) is 5.54 Å². The van der Waals surface area contributed by atoms with E-state index in [1.807, 2.05) is 0 Å². The minimum absolute atomic E-state index is 0.0596. The molecule has 0 radical (unpaired) electrons. The van der Waals surface area contributed by atoms with Crippen molar-refractivity contribution in [3.05, 3.63) is 29.8 Å². The minimum Gasteiger partial charge on any atom is -0.508 e. The van der Waals surface area contributed by atoms with Crippen molar-refractivity contribution in [1.82, 2.24) is 0 Å². The molecule has 0 saturated carbocycles. The molecular weight excluding hydrogens is 169 g/mol. The van der Waals surface area contributed by atoms with Gasteiger partial charge in [0.1, 0.15) is 11.9 Å². The van der Waals surface area contributed by atoms with E-state index in [4.69, 9.17) is 10.8 Å². The summed E-state index contributed by atoms with van der Waals surface area (Å²) in [6.07, 6.45) is -1.26. The van der Waals surface area contributed by atoms with Crippen LogP contribution in [-0.4, -0.2) is 10.6 Å². The van der Waals surface area contributed by atoms with Crippen LogP contribution in [0.3, 0.4) is 0 Å². The smallest absolute Gasteiger partial charge is 0.143 e. The van der Waals surface area contributed by atoms with Gasteiger partial charge in [-0.2, -0.15) is 0 Å². The average Bonchev–Trinajstić information content (AvgIpc) is 2.01. The van der Waals surface area contributed by atoms with Crippen molar-refractivity contribution in [2.24, 2.45) is 5.73 Å². The van der Waals surface area contributed by atoms with Crippen molar-refractivity contribution >= 4 is 0 Å². The highest BCUT2D eigenvalue weighted by Crippen LogP contribution is 2.29. The molecule has 0 saturated heterocycles. The van der Waals surface area contributed by atoms with Gasteiger partial charge < -0.3 is 10.8 Å². The normalized spacial score (nSPS) is 14.2. The summed E-state index contributed by atoms with van der Waals surface area (Å²) in [6.45, 7) is 3.23. The molecule has 13 heavy (non-hydrogen) atoms. The summed E-state index contributed by atoms with van der Waals surface area (Å²) in [5, 5.41) is 9.12. The predicted octanol–water partition coefficient (Wildman–Crippen LogP) is 2.14. The van der Waals surface area contributed by atoms with Crippen LogP contribution < -0.4 is 5.73 Å². The number of hydrogen-bond acceptors (Lipinski definition) is 2. The van der Waals surface area contributed by atoms with Gasteiger partial charge in [0.25, 0.3) is 0 Å². The molecule has 1 aromatic rings. The molecule has 72 valence electrons. The van der Waals surface area contributed by atoms with E-state index in [-0.39, 0.29) is 5.75 Å². The monoisotopic (exact) mass is 183 g/mol. The molecule has 2 nitrogen and oxygen atoms in total. The fourth-order valence-corrected chi connectivity index (χ4v) is 1.11. The lowest BCUT2D eigenvalue weighted by atomic mass is 9.94. The van der Waals surface area contributed by atoms with E-state index in [2.05, 4.69) is 0 Å². The molecule has 0 amide bonds. The molecule has 1 unspecified atom stereocenters. The third-order valence-electron chi connectivity index (χ3n) is 1.82. The molecule has 0 aromatic heterocycles. The number of phenols is 1. The van der Waals surface area contributed by atoms with E-state index < -0.39 is 11.7 Å². The van der Waals surface area contributed by atoms with Gasteiger partial charge in [-0.25, -0.2) is 4.39 Å². The molecule has 0 aliphatic heterocycles. The number of aromatic hydroxyl groups is 1. The maximum atomic E-state index is 13.6. The molecule has 0 spiro atoms. The van der Waals surface area contributed by atoms with Crippen molar-refractivity contribution < 1.29 is 9.50 Å². The number of halogens is 1. The van der Waals surface area contributed by atoms with Gasteiger partial charge in [-0.3, -0.25) is 0 Å². The zero-order valence-electron chi connectivity index (χ0n) is 7.79. The molecule has 0 heterocycles. The highest BCUT2D eigenvalue weighted by Gasteiger charge is 2.26. The van der Waals surface area contributed by atoms with E-state index in [9.17, 15) is 4.39 Å². The summed E-state index contributed by atoms with van der Waals surface area (Å²) in [5.41, 5.74) is 5.09. The number of alkyl halides is 1. The average molecular weight is 183 g/mol. The van der Waals surface area contributed by atoms with E-state index in [0.29, 0.717) is 5.56 Å². The molecule has 3 N–H and O–H groups in total. The van der Waals surface area contributed by atoms with Gasteiger partial charge in [-0.05, 0) is 31.5 Å². The number of nitrogens with two attached hydrogens (primary N) is 1. The van der Waals surface area contributed by atoms with Crippen LogP contribution in [-0.2, 0) is 0 Å². The largest absolute Gasteiger partial charge is 0.508 e. The van der Waals surface area contributed by atoms with Crippen LogP contribution in [0.2, 0.25) is 0 Å². The molecule has 1 rings (SSSR count). The lowest BCUT2D eigenvalue weighted by molar-refractivity contribution is 0.223. The van der Waals surface area contributed by atoms with Gasteiger partial charge in [-0.15, -0.1) is 0 Å². The lowest BCUT2D eigenvalue weighted by Crippen LogP contribution is -2.37. The summed E-state index contributed by atoms with van der Waals surface area (Å²) >= 11 is 0. The zero-order valence-corrected chi connectivity index (χ0v) is 7.79. The second kappa shape index (κ2) is 3.34. The van der Waals surface area contributed by atoms with Crippen LogP contribution >= 0.6 is 0 Å². The Bertz CT molecular complexity index is 293. The van der Waals surface area contributed by atoms with E-state index >= 15 is 0 Å². The third kappa shape index (κ3) is 2.42. The van der Waals surface area contributed by atoms with Crippen LogP contribution in [0.15, 0.2) is 24.3 Å². The van der Waals surface area contributed by atoms with Gasteiger partial charge in [-0.1, -0.05) is 12.1 Å². The molecule has 0 aliphatic rings. The number of phenolic OH excluding ortho intramolecular Hbond substituents is 1. The minimum atomic E-state index is -1.26. The molecule has 1 atom stereocenters. The molecule has 3 heteroatoms. The van der Waals surface area contributed by atoms with Crippen LogP contribution in [0.1, 0.15) is 25.6 Å². The first-order valence-corrected chi connectivity index (χ1v) is 4.13. The maximum absolute atomic E-state index is 13.6. The van der Waals surface area contributed by atoms with Gasteiger partial charge in [0.2, 0.25) is 0 Å². The summed E-state index contributed by atoms with van der Waals surface area (Å²) in [5.74, 6) is 0.0596. The zero-order chi connectivity index (χ0) is 10.1. The SMILES string of the molecule is CC(C)(N)C(F)c1cccc(O)c1. The van der Waals surface area contributed by atoms with E-state index in [1.165, 1.54) is 12.1 Å². The van der Waals surface area contributed by atoms with E-state index in [0.717, 1.165) is 0 Å². The molecule has 0 bridgehead atoms. The molecular formula is C10H14FNO. The highest BCUT2D eigenvalue weighted by atomic mass is 19.1. The Morgan fingerprint density at radius 3 is 2.54 bits per heavy atom. The Hall–Kier alpha value is -1.09. The van der Waals surface area contributed by atoms with Crippen molar-refractivity contribution in [3.8, 4) is 5.75 Å². The lowest BCUT2D eigenvalue weighted by Gasteiger charge is -2.23. The Morgan fingerprint density at radius 1 is 1.46 bits per heavy atom. The van der Waals surface area contributed by atoms with Crippen molar-refractivity contribution in [1.29, 1.82) is 0 Å². The highest BCUT2D eigenvalue weighted by molar-refractivity contribution is 5.30. The second-order valence-corrected chi connectivity index (χ2v) is 3.78. The fourth-order valence-electron chi connectivity index (χ4n) is 1.11. The first kappa shape index (κ1) is 9.99. The predicted molar refractivity (Wildman–Crippen MR) is 50.2 cm³/mol. The second-order valence-electron chi connectivity index (χ2n) is 3.78. The Balaban J connectivity index is 2.96. The van der Waals surface area contributed by atoms with Crippen molar-refractivity contribution in [2.75, 3.05) is 0 Å². The van der Waals surface area contributed by atoms with Crippen LogP contribution in [0.5, 0.6) is 5.75 Å². The quantitative estimate of drug-likeness (QED) is 0.737. The summed E-state index contributed by atoms with van der Waals surface area (Å²) in [6, 6.07) is 6.10. The van der Waals surface area contributed by atoms with Gasteiger partial charge in [0.15, 0.2) is 0 Å². The number of benzene rings is 1. The maximum Gasteiger partial charge on any atom is 0.143 e. The van der Waals surface area contributed by atoms with Crippen molar-refractivity contribution in [2.45, 2.75) is 25.6 Å². The molecule has 1 aromatic carbocycles. The first-order chi connectivity index (χ1) is 5.91. The third-order valence-corrected chi connectivity index (χ3v) is 1.82. The Morgan fingerprint density at radius 2 is 2.08 bits per heavy atom. The van der Waals surface area contributed by atoms with Gasteiger partial charge >= 0.3 is 0 Å². The topological polar surface area (TPSA) is 46.2 Å². The van der Waals surface area contributed by atoms with Crippen LogP contribution in [0.25, 0.3) is 0 Å². The molecule has 0 aliphatic carbocycles. The van der Waals surface area contributed by atoms with Crippen molar-refractivity contribution in [3.63, 3.8) is 0 Å². The first-order valence-electron chi connectivity index (χ1n) is 4.13. The van der Waals surface area contributed by atoms with Gasteiger partial charge in [0.05, 0.1) is 0 Å². The fraction of sp³-hybridized carbons (Fsp3) is 0.400. The number of hydrogen-bond donors (Lipinski definition) is 2. The summed E-state index contributed by atoms with van der Waals surface area (Å²) in [7, 11) is 0. The molecule has 0 fully saturated rings. The summed E-state index contributed by atoms with van der Waals surface area (Å²) in [4.78, 5) is 0. The summed E-state index contributed by atoms with van der Waals surface area (Å²) < 4.78 is 13.6. The number of rotatable bonds is 2.